The Balaban J connectivity index is 1.70. The van der Waals surface area contributed by atoms with E-state index in [1.165, 1.54) is 18.9 Å². The number of likely N-dealkylation sites (tertiary alicyclic amines) is 1. The van der Waals surface area contributed by atoms with Crippen molar-refractivity contribution in [3.63, 3.8) is 0 Å². The highest BCUT2D eigenvalue weighted by atomic mass is 16.3. The first-order chi connectivity index (χ1) is 8.65. The summed E-state index contributed by atoms with van der Waals surface area (Å²) in [5.74, 6) is 1.47. The van der Waals surface area contributed by atoms with Gasteiger partial charge in [-0.05, 0) is 24.3 Å². The fourth-order valence-corrected chi connectivity index (χ4v) is 2.80. The summed E-state index contributed by atoms with van der Waals surface area (Å²) >= 11 is 0. The van der Waals surface area contributed by atoms with Crippen molar-refractivity contribution >= 4 is 5.91 Å². The van der Waals surface area contributed by atoms with Crippen LogP contribution in [0.25, 0.3) is 0 Å². The number of hydrogen-bond donors (Lipinski definition) is 1. The molecule has 2 atom stereocenters. The van der Waals surface area contributed by atoms with Gasteiger partial charge in [-0.15, -0.1) is 0 Å². The summed E-state index contributed by atoms with van der Waals surface area (Å²) in [6, 6.07) is 1.68. The molecule has 0 bridgehead atoms. The zero-order chi connectivity index (χ0) is 13.0. The molecule has 1 aromatic heterocycles. The van der Waals surface area contributed by atoms with E-state index < -0.39 is 0 Å². The molecule has 4 nitrogen and oxygen atoms in total. The van der Waals surface area contributed by atoms with E-state index in [1.807, 2.05) is 0 Å². The Kier molecular flexibility index (Phi) is 4.42. The van der Waals surface area contributed by atoms with Crippen LogP contribution in [0.5, 0.6) is 0 Å². The molecule has 0 aromatic carbocycles. The minimum absolute atomic E-state index is 0.0538. The van der Waals surface area contributed by atoms with Crippen molar-refractivity contribution in [2.24, 2.45) is 11.8 Å². The molecule has 0 saturated carbocycles. The van der Waals surface area contributed by atoms with Crippen LogP contribution in [0.2, 0.25) is 0 Å². The molecule has 1 amide bonds. The van der Waals surface area contributed by atoms with Gasteiger partial charge >= 0.3 is 0 Å². The SMILES string of the molecule is C[C@@H]1C[C@H](C)CN(CCNC(=O)c2ccoc2)C1. The number of rotatable bonds is 4. The van der Waals surface area contributed by atoms with Gasteiger partial charge in [-0.2, -0.15) is 0 Å². The Morgan fingerprint density at radius 3 is 2.78 bits per heavy atom. The van der Waals surface area contributed by atoms with Crippen LogP contribution in [0.15, 0.2) is 23.0 Å². The van der Waals surface area contributed by atoms with Gasteiger partial charge in [0.05, 0.1) is 11.8 Å². The van der Waals surface area contributed by atoms with Crippen molar-refractivity contribution in [2.45, 2.75) is 20.3 Å². The van der Waals surface area contributed by atoms with Crippen molar-refractivity contribution < 1.29 is 9.21 Å². The molecule has 4 heteroatoms. The molecule has 0 radical (unpaired) electrons. The number of nitrogens with zero attached hydrogens (tertiary/aromatic N) is 1. The molecule has 1 aromatic rings. The summed E-state index contributed by atoms with van der Waals surface area (Å²) in [6.45, 7) is 8.51. The lowest BCUT2D eigenvalue weighted by atomic mass is 9.92. The molecule has 18 heavy (non-hydrogen) atoms. The largest absolute Gasteiger partial charge is 0.472 e. The van der Waals surface area contributed by atoms with Gasteiger partial charge in [-0.3, -0.25) is 4.79 Å². The summed E-state index contributed by atoms with van der Waals surface area (Å²) < 4.78 is 4.89. The van der Waals surface area contributed by atoms with Crippen LogP contribution in [-0.2, 0) is 0 Å². The van der Waals surface area contributed by atoms with E-state index in [9.17, 15) is 4.79 Å². The highest BCUT2D eigenvalue weighted by molar-refractivity contribution is 5.93. The molecule has 2 rings (SSSR count). The molecule has 1 fully saturated rings. The van der Waals surface area contributed by atoms with Crippen molar-refractivity contribution in [1.82, 2.24) is 10.2 Å². The summed E-state index contributed by atoms with van der Waals surface area (Å²) in [5, 5.41) is 2.92. The predicted octanol–water partition coefficient (Wildman–Crippen LogP) is 1.99. The molecule has 0 spiro atoms. The normalized spacial score (nSPS) is 25.0. The van der Waals surface area contributed by atoms with E-state index in [2.05, 4.69) is 24.1 Å². The fraction of sp³-hybridized carbons (Fsp3) is 0.643. The van der Waals surface area contributed by atoms with Crippen LogP contribution in [0.1, 0.15) is 30.6 Å². The third kappa shape index (κ3) is 3.60. The molecule has 1 N–H and O–H groups in total. The quantitative estimate of drug-likeness (QED) is 0.889. The van der Waals surface area contributed by atoms with Crippen LogP contribution in [0.3, 0.4) is 0 Å². The number of furan rings is 1. The van der Waals surface area contributed by atoms with Gasteiger partial charge in [0.15, 0.2) is 0 Å². The first-order valence-electron chi connectivity index (χ1n) is 6.68. The molecule has 1 aliphatic heterocycles. The lowest BCUT2D eigenvalue weighted by Crippen LogP contribution is -2.42. The summed E-state index contributed by atoms with van der Waals surface area (Å²) in [5.41, 5.74) is 0.593. The summed E-state index contributed by atoms with van der Waals surface area (Å²) in [7, 11) is 0. The third-order valence-electron chi connectivity index (χ3n) is 3.44. The Labute approximate surface area is 108 Å². The average molecular weight is 250 g/mol. The monoisotopic (exact) mass is 250 g/mol. The Bertz CT molecular complexity index is 365. The van der Waals surface area contributed by atoms with Gasteiger partial charge in [-0.1, -0.05) is 13.8 Å². The molecule has 0 aliphatic carbocycles. The van der Waals surface area contributed by atoms with Crippen LogP contribution in [0.4, 0.5) is 0 Å². The molecular formula is C14H22N2O2. The Hall–Kier alpha value is -1.29. The van der Waals surface area contributed by atoms with Gasteiger partial charge < -0.3 is 14.6 Å². The molecule has 2 heterocycles. The second-order valence-electron chi connectivity index (χ2n) is 5.47. The first kappa shape index (κ1) is 13.1. The lowest BCUT2D eigenvalue weighted by molar-refractivity contribution is 0.0936. The van der Waals surface area contributed by atoms with Gasteiger partial charge in [0, 0.05) is 26.2 Å². The highest BCUT2D eigenvalue weighted by Gasteiger charge is 2.21. The fourth-order valence-electron chi connectivity index (χ4n) is 2.80. The zero-order valence-electron chi connectivity index (χ0n) is 11.2. The number of nitrogens with one attached hydrogen (secondary N) is 1. The highest BCUT2D eigenvalue weighted by Crippen LogP contribution is 2.20. The van der Waals surface area contributed by atoms with E-state index in [0.717, 1.165) is 31.5 Å². The van der Waals surface area contributed by atoms with Crippen molar-refractivity contribution in [1.29, 1.82) is 0 Å². The molecule has 0 unspecified atom stereocenters. The van der Waals surface area contributed by atoms with E-state index in [4.69, 9.17) is 4.42 Å². The van der Waals surface area contributed by atoms with E-state index in [0.29, 0.717) is 12.1 Å². The summed E-state index contributed by atoms with van der Waals surface area (Å²) in [4.78, 5) is 14.1. The van der Waals surface area contributed by atoms with Gasteiger partial charge in [0.25, 0.3) is 5.91 Å². The van der Waals surface area contributed by atoms with Crippen molar-refractivity contribution in [3.05, 3.63) is 24.2 Å². The van der Waals surface area contributed by atoms with Crippen molar-refractivity contribution in [3.8, 4) is 0 Å². The summed E-state index contributed by atoms with van der Waals surface area (Å²) in [6.07, 6.45) is 4.31. The van der Waals surface area contributed by atoms with E-state index >= 15 is 0 Å². The topological polar surface area (TPSA) is 45.5 Å². The van der Waals surface area contributed by atoms with Crippen LogP contribution < -0.4 is 5.32 Å². The Morgan fingerprint density at radius 1 is 1.44 bits per heavy atom. The minimum Gasteiger partial charge on any atom is -0.472 e. The zero-order valence-corrected chi connectivity index (χ0v) is 11.2. The molecular weight excluding hydrogens is 228 g/mol. The number of carbonyl (C=O) groups excluding carboxylic acids is 1. The number of piperidine rings is 1. The molecule has 1 aliphatic rings. The number of amides is 1. The van der Waals surface area contributed by atoms with Crippen LogP contribution in [-0.4, -0.2) is 37.0 Å². The maximum atomic E-state index is 11.7. The standard InChI is InChI=1S/C14H22N2O2/c1-11-7-12(2)9-16(8-11)5-4-15-14(17)13-3-6-18-10-13/h3,6,10-12H,4-5,7-9H2,1-2H3,(H,15,17)/t11-,12+. The molecule has 100 valence electrons. The first-order valence-corrected chi connectivity index (χ1v) is 6.68. The third-order valence-corrected chi connectivity index (χ3v) is 3.44. The van der Waals surface area contributed by atoms with Gasteiger partial charge in [0.2, 0.25) is 0 Å². The second-order valence-corrected chi connectivity index (χ2v) is 5.47. The van der Waals surface area contributed by atoms with E-state index in [-0.39, 0.29) is 5.91 Å². The second kappa shape index (κ2) is 6.05. The number of hydrogen-bond acceptors (Lipinski definition) is 3. The van der Waals surface area contributed by atoms with Crippen LogP contribution in [0, 0.1) is 11.8 Å². The maximum Gasteiger partial charge on any atom is 0.254 e. The van der Waals surface area contributed by atoms with Crippen molar-refractivity contribution in [2.75, 3.05) is 26.2 Å². The minimum atomic E-state index is -0.0538. The van der Waals surface area contributed by atoms with Crippen LogP contribution >= 0.6 is 0 Å². The lowest BCUT2D eigenvalue weighted by Gasteiger charge is -2.34. The van der Waals surface area contributed by atoms with E-state index in [1.54, 1.807) is 6.07 Å². The maximum absolute atomic E-state index is 11.7. The average Bonchev–Trinajstić information content (AvgIpc) is 2.80. The Morgan fingerprint density at radius 2 is 2.17 bits per heavy atom. The predicted molar refractivity (Wildman–Crippen MR) is 70.4 cm³/mol. The molecule has 1 saturated heterocycles. The van der Waals surface area contributed by atoms with Gasteiger partial charge in [-0.25, -0.2) is 0 Å². The smallest absolute Gasteiger partial charge is 0.254 e. The number of carbonyl (C=O) groups is 1. The van der Waals surface area contributed by atoms with Gasteiger partial charge in [0.1, 0.15) is 6.26 Å².